The van der Waals surface area contributed by atoms with Gasteiger partial charge in [0.2, 0.25) is 5.91 Å². The molecule has 0 radical (unpaired) electrons. The van der Waals surface area contributed by atoms with E-state index in [1.54, 1.807) is 40.9 Å². The van der Waals surface area contributed by atoms with Crippen LogP contribution in [-0.4, -0.2) is 47.0 Å². The van der Waals surface area contributed by atoms with Gasteiger partial charge in [-0.3, -0.25) is 9.59 Å². The van der Waals surface area contributed by atoms with E-state index in [0.717, 1.165) is 0 Å². The molecule has 2 atom stereocenters. The molecule has 21 heavy (non-hydrogen) atoms. The molecule has 1 aliphatic heterocycles. The van der Waals surface area contributed by atoms with Crippen LogP contribution in [0.1, 0.15) is 17.3 Å². The van der Waals surface area contributed by atoms with Crippen molar-refractivity contribution in [2.24, 2.45) is 5.73 Å². The molecule has 0 spiro atoms. The first kappa shape index (κ1) is 16.1. The number of hydrogen-bond acceptors (Lipinski definition) is 4. The number of amides is 2. The molecule has 5 nitrogen and oxygen atoms in total. The summed E-state index contributed by atoms with van der Waals surface area (Å²) in [6.45, 7) is 2.21. The van der Waals surface area contributed by atoms with Gasteiger partial charge in [-0.2, -0.15) is 0 Å². The van der Waals surface area contributed by atoms with Crippen LogP contribution in [0.5, 0.6) is 0 Å². The van der Waals surface area contributed by atoms with Gasteiger partial charge in [0.05, 0.1) is 5.88 Å². The number of hydrogen-bond donors (Lipinski definition) is 2. The lowest BCUT2D eigenvalue weighted by Crippen LogP contribution is -2.50. The van der Waals surface area contributed by atoms with E-state index in [1.165, 1.54) is 0 Å². The van der Waals surface area contributed by atoms with Crippen molar-refractivity contribution in [2.75, 3.05) is 18.2 Å². The fourth-order valence-corrected chi connectivity index (χ4v) is 3.30. The van der Waals surface area contributed by atoms with Gasteiger partial charge in [0, 0.05) is 28.9 Å². The summed E-state index contributed by atoms with van der Waals surface area (Å²) in [6.07, 6.45) is 0. The van der Waals surface area contributed by atoms with Gasteiger partial charge in [-0.15, -0.1) is 11.8 Å². The molecule has 0 aromatic heterocycles. The predicted molar refractivity (Wildman–Crippen MR) is 85.4 cm³/mol. The lowest BCUT2D eigenvalue weighted by Gasteiger charge is -2.24. The minimum Gasteiger partial charge on any atom is -0.351 e. The molecule has 1 aliphatic rings. The number of nitrogens with one attached hydrogen (secondary N) is 1. The quantitative estimate of drug-likeness (QED) is 0.874. The second kappa shape index (κ2) is 7.15. The summed E-state index contributed by atoms with van der Waals surface area (Å²) in [5.74, 6) is 0.802. The molecule has 0 saturated carbocycles. The van der Waals surface area contributed by atoms with E-state index in [4.69, 9.17) is 17.3 Å². The van der Waals surface area contributed by atoms with E-state index >= 15 is 0 Å². The number of nitrogens with zero attached hydrogens (tertiary/aromatic N) is 1. The predicted octanol–water partition coefficient (Wildman–Crippen LogP) is 1.32. The van der Waals surface area contributed by atoms with Crippen molar-refractivity contribution in [2.45, 2.75) is 19.0 Å². The second-order valence-electron chi connectivity index (χ2n) is 4.94. The van der Waals surface area contributed by atoms with E-state index in [2.05, 4.69) is 5.32 Å². The first-order chi connectivity index (χ1) is 10.0. The Balaban J connectivity index is 2.09. The number of nitrogens with two attached hydrogens (primary N) is 1. The Bertz CT molecular complexity index is 523. The van der Waals surface area contributed by atoms with Gasteiger partial charge in [0.15, 0.2) is 0 Å². The van der Waals surface area contributed by atoms with Crippen molar-refractivity contribution in [3.63, 3.8) is 0 Å². The van der Waals surface area contributed by atoms with Crippen LogP contribution < -0.4 is 11.1 Å². The van der Waals surface area contributed by atoms with Gasteiger partial charge in [0.1, 0.15) is 6.04 Å². The lowest BCUT2D eigenvalue weighted by atomic mass is 10.1. The number of carbonyl (C=O) groups is 2. The van der Waals surface area contributed by atoms with Gasteiger partial charge >= 0.3 is 0 Å². The van der Waals surface area contributed by atoms with Gasteiger partial charge in [0.25, 0.3) is 5.91 Å². The van der Waals surface area contributed by atoms with Crippen LogP contribution in [0.3, 0.4) is 0 Å². The fourth-order valence-electron chi connectivity index (χ4n) is 2.02. The van der Waals surface area contributed by atoms with Crippen LogP contribution in [0.4, 0.5) is 0 Å². The molecule has 114 valence electrons. The van der Waals surface area contributed by atoms with Crippen molar-refractivity contribution in [3.05, 3.63) is 34.9 Å². The standard InChI is InChI=1S/C14H18ClN3O2S/c1-9(6-16)17-13(19)12-7-21-8-18(12)14(20)10-2-4-11(15)5-3-10/h2-5,9,12H,6-8,16H2,1H3,(H,17,19)/t9-,12?/m0/s1. The average Bonchev–Trinajstić information content (AvgIpc) is 2.96. The van der Waals surface area contributed by atoms with Gasteiger partial charge in [-0.1, -0.05) is 11.6 Å². The maximum atomic E-state index is 12.5. The molecule has 1 aromatic rings. The van der Waals surface area contributed by atoms with E-state index in [0.29, 0.717) is 28.8 Å². The first-order valence-corrected chi connectivity index (χ1v) is 8.21. The Hall–Kier alpha value is -1.24. The molecule has 3 N–H and O–H groups in total. The van der Waals surface area contributed by atoms with Crippen LogP contribution >= 0.6 is 23.4 Å². The van der Waals surface area contributed by atoms with Gasteiger partial charge in [-0.05, 0) is 31.2 Å². The van der Waals surface area contributed by atoms with Crippen molar-refractivity contribution in [3.8, 4) is 0 Å². The maximum Gasteiger partial charge on any atom is 0.255 e. The zero-order chi connectivity index (χ0) is 15.4. The molecule has 1 fully saturated rings. The summed E-state index contributed by atoms with van der Waals surface area (Å²) in [7, 11) is 0. The zero-order valence-electron chi connectivity index (χ0n) is 11.7. The van der Waals surface area contributed by atoms with Crippen LogP contribution in [0.25, 0.3) is 0 Å². The minimum atomic E-state index is -0.452. The second-order valence-corrected chi connectivity index (χ2v) is 6.38. The third-order valence-electron chi connectivity index (χ3n) is 3.28. The molecular formula is C14H18ClN3O2S. The summed E-state index contributed by atoms with van der Waals surface area (Å²) < 4.78 is 0. The summed E-state index contributed by atoms with van der Waals surface area (Å²) >= 11 is 7.39. The van der Waals surface area contributed by atoms with E-state index < -0.39 is 6.04 Å². The van der Waals surface area contributed by atoms with Crippen molar-refractivity contribution < 1.29 is 9.59 Å². The van der Waals surface area contributed by atoms with E-state index in [-0.39, 0.29) is 17.9 Å². The molecular weight excluding hydrogens is 310 g/mol. The van der Waals surface area contributed by atoms with Crippen molar-refractivity contribution in [1.29, 1.82) is 0 Å². The Labute approximate surface area is 133 Å². The first-order valence-electron chi connectivity index (χ1n) is 6.67. The topological polar surface area (TPSA) is 75.4 Å². The maximum absolute atomic E-state index is 12.5. The number of carbonyl (C=O) groups excluding carboxylic acids is 2. The molecule has 7 heteroatoms. The van der Waals surface area contributed by atoms with Crippen molar-refractivity contribution in [1.82, 2.24) is 10.2 Å². The molecule has 1 aromatic carbocycles. The Kier molecular flexibility index (Phi) is 5.50. The third kappa shape index (κ3) is 3.90. The number of benzene rings is 1. The molecule has 1 saturated heterocycles. The fraction of sp³-hybridized carbons (Fsp3) is 0.429. The van der Waals surface area contributed by atoms with E-state index in [9.17, 15) is 9.59 Å². The Morgan fingerprint density at radius 3 is 2.76 bits per heavy atom. The highest BCUT2D eigenvalue weighted by molar-refractivity contribution is 7.99. The molecule has 1 unspecified atom stereocenters. The Morgan fingerprint density at radius 1 is 1.48 bits per heavy atom. The number of halogens is 1. The highest BCUT2D eigenvalue weighted by atomic mass is 35.5. The molecule has 2 rings (SSSR count). The smallest absolute Gasteiger partial charge is 0.255 e. The van der Waals surface area contributed by atoms with Crippen LogP contribution in [-0.2, 0) is 4.79 Å². The third-order valence-corrected chi connectivity index (χ3v) is 4.54. The largest absolute Gasteiger partial charge is 0.351 e. The zero-order valence-corrected chi connectivity index (χ0v) is 13.3. The summed E-state index contributed by atoms with van der Waals surface area (Å²) in [4.78, 5) is 26.3. The normalized spacial score (nSPS) is 19.4. The highest BCUT2D eigenvalue weighted by Crippen LogP contribution is 2.24. The van der Waals surface area contributed by atoms with Crippen molar-refractivity contribution >= 4 is 35.2 Å². The molecule has 0 bridgehead atoms. The van der Waals surface area contributed by atoms with Crippen LogP contribution in [0.2, 0.25) is 5.02 Å². The van der Waals surface area contributed by atoms with Crippen LogP contribution in [0.15, 0.2) is 24.3 Å². The minimum absolute atomic E-state index is 0.101. The SMILES string of the molecule is C[C@@H](CN)NC(=O)C1CSCN1C(=O)c1ccc(Cl)cc1. The Morgan fingerprint density at radius 2 is 2.14 bits per heavy atom. The highest BCUT2D eigenvalue weighted by Gasteiger charge is 2.35. The molecule has 2 amide bonds. The van der Waals surface area contributed by atoms with Gasteiger partial charge < -0.3 is 16.0 Å². The molecule has 1 heterocycles. The van der Waals surface area contributed by atoms with E-state index in [1.807, 2.05) is 6.92 Å². The van der Waals surface area contributed by atoms with Gasteiger partial charge in [-0.25, -0.2) is 0 Å². The monoisotopic (exact) mass is 327 g/mol. The molecule has 0 aliphatic carbocycles. The lowest BCUT2D eigenvalue weighted by molar-refractivity contribution is -0.125. The number of rotatable bonds is 4. The summed E-state index contributed by atoms with van der Waals surface area (Å²) in [6, 6.07) is 6.13. The summed E-state index contributed by atoms with van der Waals surface area (Å²) in [5.41, 5.74) is 6.04. The number of thioether (sulfide) groups is 1. The summed E-state index contributed by atoms with van der Waals surface area (Å²) in [5, 5.41) is 3.40. The van der Waals surface area contributed by atoms with Crippen LogP contribution in [0, 0.1) is 0 Å². The average molecular weight is 328 g/mol.